The third kappa shape index (κ3) is 5.37. The van der Waals surface area contributed by atoms with Crippen molar-refractivity contribution in [1.29, 1.82) is 5.26 Å². The number of carbonyl (C=O) groups excluding carboxylic acids is 1. The first kappa shape index (κ1) is 21.2. The van der Waals surface area contributed by atoms with Crippen molar-refractivity contribution in [2.45, 2.75) is 23.9 Å². The van der Waals surface area contributed by atoms with Crippen LogP contribution in [0.1, 0.15) is 33.9 Å². The molecule has 0 spiro atoms. The van der Waals surface area contributed by atoms with Crippen molar-refractivity contribution in [3.8, 4) is 6.07 Å². The third-order valence-electron chi connectivity index (χ3n) is 5.36. The predicted molar refractivity (Wildman–Crippen MR) is 118 cm³/mol. The van der Waals surface area contributed by atoms with Crippen molar-refractivity contribution in [2.75, 3.05) is 26.2 Å². The molecule has 1 aliphatic rings. The van der Waals surface area contributed by atoms with Gasteiger partial charge in [-0.3, -0.25) is 9.69 Å². The van der Waals surface area contributed by atoms with E-state index in [-0.39, 0.29) is 5.91 Å². The molecule has 3 aromatic rings. The number of aryl methyl sites for hydroxylation is 1. The van der Waals surface area contributed by atoms with Gasteiger partial charge in [0.25, 0.3) is 5.91 Å². The zero-order valence-corrected chi connectivity index (χ0v) is 18.3. The molecule has 160 valence electrons. The van der Waals surface area contributed by atoms with Crippen molar-refractivity contribution in [3.05, 3.63) is 71.4 Å². The van der Waals surface area contributed by atoms with Crippen LogP contribution < -0.4 is 0 Å². The number of nitriles is 1. The Morgan fingerprint density at radius 1 is 1.16 bits per heavy atom. The number of nitrogens with zero attached hydrogens (tertiary/aromatic N) is 5. The number of hydrogen-bond donors (Lipinski definition) is 0. The van der Waals surface area contributed by atoms with Crippen LogP contribution in [0.5, 0.6) is 0 Å². The van der Waals surface area contributed by atoms with E-state index >= 15 is 0 Å². The predicted octanol–water partition coefficient (Wildman–Crippen LogP) is 3.53. The van der Waals surface area contributed by atoms with Crippen molar-refractivity contribution < 1.29 is 9.21 Å². The fourth-order valence-electron chi connectivity index (χ4n) is 3.63. The fourth-order valence-corrected chi connectivity index (χ4v) is 4.45. The topological polar surface area (TPSA) is 78.3 Å². The molecule has 0 saturated carbocycles. The van der Waals surface area contributed by atoms with E-state index in [0.717, 1.165) is 43.5 Å². The molecule has 8 heteroatoms. The molecule has 2 aromatic heterocycles. The van der Waals surface area contributed by atoms with Crippen molar-refractivity contribution in [3.63, 3.8) is 0 Å². The first-order valence-electron chi connectivity index (χ1n) is 10.3. The second kappa shape index (κ2) is 9.86. The molecule has 0 unspecified atom stereocenters. The summed E-state index contributed by atoms with van der Waals surface area (Å²) in [6, 6.07) is 13.5. The molecule has 4 rings (SSSR count). The molecule has 1 fully saturated rings. The average molecular weight is 436 g/mol. The summed E-state index contributed by atoms with van der Waals surface area (Å²) in [5.41, 5.74) is 1.85. The summed E-state index contributed by atoms with van der Waals surface area (Å²) < 4.78 is 7.79. The number of aromatic nitrogens is 2. The summed E-state index contributed by atoms with van der Waals surface area (Å²) in [6.07, 6.45) is 4.59. The fraction of sp³-hybridized carbons (Fsp3) is 0.348. The highest BCUT2D eigenvalue weighted by Crippen LogP contribution is 2.22. The number of amides is 1. The highest BCUT2D eigenvalue weighted by atomic mass is 32.2. The van der Waals surface area contributed by atoms with Gasteiger partial charge in [0, 0.05) is 52.2 Å². The lowest BCUT2D eigenvalue weighted by Crippen LogP contribution is -2.34. The smallest absolute Gasteiger partial charge is 0.289 e. The molecule has 0 N–H and O–H groups in total. The van der Waals surface area contributed by atoms with Crippen LogP contribution in [-0.2, 0) is 19.3 Å². The van der Waals surface area contributed by atoms with Crippen molar-refractivity contribution in [2.24, 2.45) is 7.05 Å². The van der Waals surface area contributed by atoms with Gasteiger partial charge in [-0.1, -0.05) is 23.9 Å². The second-order valence-corrected chi connectivity index (χ2v) is 8.55. The van der Waals surface area contributed by atoms with E-state index in [9.17, 15) is 4.79 Å². The summed E-state index contributed by atoms with van der Waals surface area (Å²) in [4.78, 5) is 21.5. The van der Waals surface area contributed by atoms with E-state index in [1.54, 1.807) is 24.0 Å². The maximum atomic E-state index is 12.9. The molecular weight excluding hydrogens is 410 g/mol. The van der Waals surface area contributed by atoms with E-state index in [1.807, 2.05) is 53.0 Å². The first-order chi connectivity index (χ1) is 15.1. The van der Waals surface area contributed by atoms with Crippen LogP contribution in [0.2, 0.25) is 0 Å². The maximum absolute atomic E-state index is 12.9. The Hall–Kier alpha value is -3.02. The van der Waals surface area contributed by atoms with Crippen LogP contribution in [0.3, 0.4) is 0 Å². The van der Waals surface area contributed by atoms with E-state index in [4.69, 9.17) is 9.68 Å². The van der Waals surface area contributed by atoms with Gasteiger partial charge in [-0.15, -0.1) is 0 Å². The molecule has 7 nitrogen and oxygen atoms in total. The number of rotatable bonds is 6. The van der Waals surface area contributed by atoms with Gasteiger partial charge in [0.1, 0.15) is 5.76 Å². The van der Waals surface area contributed by atoms with Crippen LogP contribution in [-0.4, -0.2) is 51.4 Å². The van der Waals surface area contributed by atoms with Gasteiger partial charge in [-0.25, -0.2) is 4.98 Å². The monoisotopic (exact) mass is 435 g/mol. The molecule has 0 radical (unpaired) electrons. The Morgan fingerprint density at radius 3 is 2.74 bits per heavy atom. The number of carbonyl (C=O) groups is 1. The molecule has 3 heterocycles. The summed E-state index contributed by atoms with van der Waals surface area (Å²) in [7, 11) is 1.95. The second-order valence-electron chi connectivity index (χ2n) is 7.61. The SMILES string of the molecule is Cn1ccnc1SCc1ccc(C(=O)N2CCCN(Cc3ccc(C#N)cc3)CC2)o1. The van der Waals surface area contributed by atoms with Gasteiger partial charge >= 0.3 is 0 Å². The Bertz CT molecular complexity index is 1070. The highest BCUT2D eigenvalue weighted by molar-refractivity contribution is 7.98. The largest absolute Gasteiger partial charge is 0.455 e. The van der Waals surface area contributed by atoms with E-state index in [1.165, 1.54) is 5.56 Å². The number of benzene rings is 1. The van der Waals surface area contributed by atoms with Gasteiger partial charge in [0.15, 0.2) is 10.9 Å². The normalized spacial score (nSPS) is 14.9. The van der Waals surface area contributed by atoms with Gasteiger partial charge in [-0.05, 0) is 36.2 Å². The van der Waals surface area contributed by atoms with Crippen molar-refractivity contribution >= 4 is 17.7 Å². The molecule has 0 bridgehead atoms. The first-order valence-corrected chi connectivity index (χ1v) is 11.3. The molecule has 1 amide bonds. The summed E-state index contributed by atoms with van der Waals surface area (Å²) in [5.74, 6) is 1.76. The summed E-state index contributed by atoms with van der Waals surface area (Å²) >= 11 is 1.58. The Balaban J connectivity index is 1.30. The van der Waals surface area contributed by atoms with Crippen LogP contribution >= 0.6 is 11.8 Å². The Kier molecular flexibility index (Phi) is 6.75. The molecular formula is C23H25N5O2S. The quantitative estimate of drug-likeness (QED) is 0.551. The van der Waals surface area contributed by atoms with Crippen LogP contribution in [0.15, 0.2) is 58.4 Å². The van der Waals surface area contributed by atoms with Gasteiger partial charge in [0.2, 0.25) is 0 Å². The maximum Gasteiger partial charge on any atom is 0.289 e. The minimum Gasteiger partial charge on any atom is -0.455 e. The Labute approximate surface area is 186 Å². The zero-order chi connectivity index (χ0) is 21.6. The molecule has 1 saturated heterocycles. The van der Waals surface area contributed by atoms with Crippen LogP contribution in [0.4, 0.5) is 0 Å². The number of hydrogen-bond acceptors (Lipinski definition) is 6. The zero-order valence-electron chi connectivity index (χ0n) is 17.5. The van der Waals surface area contributed by atoms with Crippen LogP contribution in [0, 0.1) is 11.3 Å². The number of thioether (sulfide) groups is 1. The molecule has 0 atom stereocenters. The summed E-state index contributed by atoms with van der Waals surface area (Å²) in [5, 5.41) is 9.85. The number of imidazole rings is 1. The molecule has 31 heavy (non-hydrogen) atoms. The van der Waals surface area contributed by atoms with Gasteiger partial charge in [-0.2, -0.15) is 5.26 Å². The lowest BCUT2D eigenvalue weighted by molar-refractivity contribution is 0.0727. The lowest BCUT2D eigenvalue weighted by atomic mass is 10.1. The minimum atomic E-state index is -0.0477. The number of furan rings is 1. The lowest BCUT2D eigenvalue weighted by Gasteiger charge is -2.21. The van der Waals surface area contributed by atoms with E-state index in [2.05, 4.69) is 16.0 Å². The van der Waals surface area contributed by atoms with Crippen LogP contribution in [0.25, 0.3) is 0 Å². The van der Waals surface area contributed by atoms with E-state index in [0.29, 0.717) is 23.6 Å². The standard InChI is InChI=1S/C23H25N5O2S/c1-26-12-9-25-23(26)31-17-20-7-8-21(30-20)22(29)28-11-2-10-27(13-14-28)16-19-5-3-18(15-24)4-6-19/h3-9,12H,2,10-11,13-14,16-17H2,1H3. The minimum absolute atomic E-state index is 0.0477. The van der Waals surface area contributed by atoms with Gasteiger partial charge in [0.05, 0.1) is 17.4 Å². The Morgan fingerprint density at radius 2 is 2.00 bits per heavy atom. The molecule has 1 aromatic carbocycles. The average Bonchev–Trinajstić information content (AvgIpc) is 3.36. The van der Waals surface area contributed by atoms with Crippen molar-refractivity contribution in [1.82, 2.24) is 19.4 Å². The molecule has 0 aliphatic carbocycles. The molecule has 1 aliphatic heterocycles. The third-order valence-corrected chi connectivity index (χ3v) is 6.44. The highest BCUT2D eigenvalue weighted by Gasteiger charge is 2.23. The van der Waals surface area contributed by atoms with E-state index < -0.39 is 0 Å². The van der Waals surface area contributed by atoms with Gasteiger partial charge < -0.3 is 13.9 Å². The summed E-state index contributed by atoms with van der Waals surface area (Å²) in [6.45, 7) is 3.97.